The topological polar surface area (TPSA) is 54.0 Å². The molecule has 0 spiro atoms. The number of nitrogens with zero attached hydrogens (tertiary/aromatic N) is 1. The molecule has 0 fully saturated rings. The van der Waals surface area contributed by atoms with Gasteiger partial charge in [-0.1, -0.05) is 36.4 Å². The van der Waals surface area contributed by atoms with Gasteiger partial charge in [0, 0.05) is 12.7 Å². The van der Waals surface area contributed by atoms with E-state index >= 15 is 0 Å². The average molecular weight is 339 g/mol. The molecule has 6 heteroatoms. The third kappa shape index (κ3) is 4.17. The van der Waals surface area contributed by atoms with Crippen molar-refractivity contribution in [2.24, 2.45) is 0 Å². The molecule has 3 aromatic rings. The van der Waals surface area contributed by atoms with Crippen LogP contribution in [0.25, 0.3) is 0 Å². The molecular weight excluding hydrogens is 324 g/mol. The van der Waals surface area contributed by atoms with Crippen molar-refractivity contribution in [2.45, 2.75) is 6.54 Å². The van der Waals surface area contributed by atoms with E-state index in [4.69, 9.17) is 0 Å². The molecule has 0 aliphatic rings. The van der Waals surface area contributed by atoms with E-state index in [0.717, 1.165) is 17.7 Å². The maximum atomic E-state index is 13.7. The molecule has 0 unspecified atom stereocenters. The van der Waals surface area contributed by atoms with Crippen LogP contribution in [0.3, 0.4) is 0 Å². The highest BCUT2D eigenvalue weighted by atomic mass is 19.1. The van der Waals surface area contributed by atoms with E-state index in [1.54, 1.807) is 0 Å². The van der Waals surface area contributed by atoms with Crippen LogP contribution in [0, 0.1) is 11.6 Å². The first kappa shape index (κ1) is 16.6. The molecular formula is C19H15F2N3O. The summed E-state index contributed by atoms with van der Waals surface area (Å²) in [7, 11) is 0. The number of benzene rings is 2. The first-order valence-corrected chi connectivity index (χ1v) is 7.61. The van der Waals surface area contributed by atoms with Gasteiger partial charge in [-0.25, -0.2) is 8.78 Å². The van der Waals surface area contributed by atoms with E-state index in [-0.39, 0.29) is 17.2 Å². The standard InChI is InChI=1S/C19H15F2N3O/c20-16-7-4-8-17(21)18(16)24-15-9-14(11-22-12-15)19(25)23-10-13-5-2-1-3-6-13/h1-9,11-12,24H,10H2,(H,23,25). The highest BCUT2D eigenvalue weighted by molar-refractivity contribution is 5.94. The number of carbonyl (C=O) groups excluding carboxylic acids is 1. The van der Waals surface area contributed by atoms with Crippen LogP contribution in [0.4, 0.5) is 20.2 Å². The SMILES string of the molecule is O=C(NCc1ccccc1)c1cncc(Nc2c(F)cccc2F)c1. The lowest BCUT2D eigenvalue weighted by Crippen LogP contribution is -2.23. The van der Waals surface area contributed by atoms with Crippen molar-refractivity contribution in [1.29, 1.82) is 0 Å². The number of nitrogens with one attached hydrogen (secondary N) is 2. The summed E-state index contributed by atoms with van der Waals surface area (Å²) in [5, 5.41) is 5.39. The van der Waals surface area contributed by atoms with Gasteiger partial charge in [0.1, 0.15) is 17.3 Å². The molecule has 126 valence electrons. The lowest BCUT2D eigenvalue weighted by atomic mass is 10.2. The Labute approximate surface area is 143 Å². The first-order valence-electron chi connectivity index (χ1n) is 7.61. The smallest absolute Gasteiger partial charge is 0.253 e. The minimum Gasteiger partial charge on any atom is -0.349 e. The van der Waals surface area contributed by atoms with Crippen LogP contribution in [0.5, 0.6) is 0 Å². The summed E-state index contributed by atoms with van der Waals surface area (Å²) in [6, 6.07) is 14.5. The molecule has 0 saturated carbocycles. The molecule has 3 rings (SSSR count). The molecule has 1 aromatic heterocycles. The number of amides is 1. The summed E-state index contributed by atoms with van der Waals surface area (Å²) in [6.45, 7) is 0.374. The molecule has 2 aromatic carbocycles. The molecule has 1 amide bonds. The van der Waals surface area contributed by atoms with Crippen molar-refractivity contribution in [3.63, 3.8) is 0 Å². The van der Waals surface area contributed by atoms with Crippen molar-refractivity contribution in [3.05, 3.63) is 89.8 Å². The number of hydrogen-bond donors (Lipinski definition) is 2. The minimum absolute atomic E-state index is 0.286. The predicted molar refractivity (Wildman–Crippen MR) is 91.5 cm³/mol. The van der Waals surface area contributed by atoms with Crippen molar-refractivity contribution >= 4 is 17.3 Å². The molecule has 1 heterocycles. The number of aromatic nitrogens is 1. The zero-order chi connectivity index (χ0) is 17.6. The van der Waals surface area contributed by atoms with Gasteiger partial charge >= 0.3 is 0 Å². The van der Waals surface area contributed by atoms with Crippen molar-refractivity contribution in [1.82, 2.24) is 10.3 Å². The molecule has 25 heavy (non-hydrogen) atoms. The van der Waals surface area contributed by atoms with Crippen LogP contribution in [0.1, 0.15) is 15.9 Å². The van der Waals surface area contributed by atoms with Gasteiger partial charge in [-0.15, -0.1) is 0 Å². The first-order chi connectivity index (χ1) is 12.1. The summed E-state index contributed by atoms with van der Waals surface area (Å²) in [6.07, 6.45) is 2.78. The van der Waals surface area contributed by atoms with Crippen LogP contribution < -0.4 is 10.6 Å². The second-order valence-electron chi connectivity index (χ2n) is 5.35. The van der Waals surface area contributed by atoms with Gasteiger partial charge in [-0.2, -0.15) is 0 Å². The summed E-state index contributed by atoms with van der Waals surface area (Å²) in [5.41, 5.74) is 1.28. The Hall–Kier alpha value is -3.28. The maximum absolute atomic E-state index is 13.7. The van der Waals surface area contributed by atoms with E-state index < -0.39 is 11.6 Å². The zero-order valence-electron chi connectivity index (χ0n) is 13.2. The molecule has 0 atom stereocenters. The highest BCUT2D eigenvalue weighted by Gasteiger charge is 2.11. The number of anilines is 2. The van der Waals surface area contributed by atoms with E-state index in [2.05, 4.69) is 15.6 Å². The van der Waals surface area contributed by atoms with Crippen LogP contribution in [0.2, 0.25) is 0 Å². The van der Waals surface area contributed by atoms with Crippen molar-refractivity contribution in [2.75, 3.05) is 5.32 Å². The average Bonchev–Trinajstić information content (AvgIpc) is 2.64. The second-order valence-corrected chi connectivity index (χ2v) is 5.35. The number of para-hydroxylation sites is 1. The van der Waals surface area contributed by atoms with Gasteiger partial charge < -0.3 is 10.6 Å². The molecule has 0 bridgehead atoms. The van der Waals surface area contributed by atoms with E-state index in [1.165, 1.54) is 24.5 Å². The lowest BCUT2D eigenvalue weighted by molar-refractivity contribution is 0.0950. The fourth-order valence-electron chi connectivity index (χ4n) is 2.27. The van der Waals surface area contributed by atoms with E-state index in [1.807, 2.05) is 30.3 Å². The number of hydrogen-bond acceptors (Lipinski definition) is 3. The molecule has 0 saturated heterocycles. The summed E-state index contributed by atoms with van der Waals surface area (Å²) in [5.74, 6) is -1.77. The Balaban J connectivity index is 1.72. The monoisotopic (exact) mass is 339 g/mol. The van der Waals surface area contributed by atoms with E-state index in [0.29, 0.717) is 12.2 Å². The fraction of sp³-hybridized carbons (Fsp3) is 0.0526. The number of rotatable bonds is 5. The number of carbonyl (C=O) groups is 1. The Bertz CT molecular complexity index is 865. The fourth-order valence-corrected chi connectivity index (χ4v) is 2.27. The van der Waals surface area contributed by atoms with Gasteiger partial charge in [-0.3, -0.25) is 9.78 Å². The van der Waals surface area contributed by atoms with Gasteiger partial charge in [-0.05, 0) is 23.8 Å². The van der Waals surface area contributed by atoms with Gasteiger partial charge in [0.25, 0.3) is 5.91 Å². The normalized spacial score (nSPS) is 10.3. The zero-order valence-corrected chi connectivity index (χ0v) is 13.2. The summed E-state index contributed by atoms with van der Waals surface area (Å²) in [4.78, 5) is 16.2. The van der Waals surface area contributed by atoms with Crippen molar-refractivity contribution in [3.8, 4) is 0 Å². The van der Waals surface area contributed by atoms with Crippen LogP contribution >= 0.6 is 0 Å². The molecule has 0 radical (unpaired) electrons. The van der Waals surface area contributed by atoms with Gasteiger partial charge in [0.15, 0.2) is 0 Å². The van der Waals surface area contributed by atoms with Crippen molar-refractivity contribution < 1.29 is 13.6 Å². The molecule has 0 aliphatic heterocycles. The maximum Gasteiger partial charge on any atom is 0.253 e. The molecule has 0 aliphatic carbocycles. The summed E-state index contributed by atoms with van der Waals surface area (Å²) >= 11 is 0. The molecule has 4 nitrogen and oxygen atoms in total. The molecule has 2 N–H and O–H groups in total. The minimum atomic E-state index is -0.723. The second kappa shape index (κ2) is 7.53. The van der Waals surface area contributed by atoms with Crippen LogP contribution in [-0.4, -0.2) is 10.9 Å². The third-order valence-corrected chi connectivity index (χ3v) is 3.53. The Kier molecular flexibility index (Phi) is 4.99. The van der Waals surface area contributed by atoms with Gasteiger partial charge in [0.2, 0.25) is 0 Å². The Morgan fingerprint density at radius 3 is 2.40 bits per heavy atom. The van der Waals surface area contributed by atoms with E-state index in [9.17, 15) is 13.6 Å². The lowest BCUT2D eigenvalue weighted by Gasteiger charge is -2.10. The quantitative estimate of drug-likeness (QED) is 0.738. The summed E-state index contributed by atoms with van der Waals surface area (Å²) < 4.78 is 27.4. The Morgan fingerprint density at radius 1 is 0.960 bits per heavy atom. The van der Waals surface area contributed by atoms with Crippen LogP contribution in [-0.2, 0) is 6.54 Å². The predicted octanol–water partition coefficient (Wildman–Crippen LogP) is 4.03. The largest absolute Gasteiger partial charge is 0.349 e. The third-order valence-electron chi connectivity index (χ3n) is 3.53. The Morgan fingerprint density at radius 2 is 1.68 bits per heavy atom. The number of pyridine rings is 1. The number of halogens is 2. The highest BCUT2D eigenvalue weighted by Crippen LogP contribution is 2.23. The van der Waals surface area contributed by atoms with Crippen LogP contribution in [0.15, 0.2) is 67.0 Å². The van der Waals surface area contributed by atoms with Gasteiger partial charge in [0.05, 0.1) is 17.4 Å².